The molecule has 0 fully saturated rings. The van der Waals surface area contributed by atoms with Crippen molar-refractivity contribution in [2.24, 2.45) is 0 Å². The van der Waals surface area contributed by atoms with Gasteiger partial charge in [-0.3, -0.25) is 4.79 Å². The number of hydrogen-bond acceptors (Lipinski definition) is 6. The van der Waals surface area contributed by atoms with Crippen LogP contribution in [0.25, 0.3) is 11.4 Å². The minimum atomic E-state index is 0.0440. The zero-order valence-electron chi connectivity index (χ0n) is 16.1. The van der Waals surface area contributed by atoms with E-state index in [1.807, 2.05) is 48.5 Å². The Morgan fingerprint density at radius 2 is 1.71 bits per heavy atom. The second-order valence-electron chi connectivity index (χ2n) is 6.36. The first-order valence-corrected chi connectivity index (χ1v) is 9.21. The van der Waals surface area contributed by atoms with Crippen molar-refractivity contribution in [3.05, 3.63) is 66.2 Å². The lowest BCUT2D eigenvalue weighted by molar-refractivity contribution is 0.101. The van der Waals surface area contributed by atoms with Crippen molar-refractivity contribution in [2.75, 3.05) is 30.9 Å². The maximum Gasteiger partial charge on any atom is 0.163 e. The number of ether oxygens (including phenoxy) is 1. The minimum Gasteiger partial charge on any atom is -0.385 e. The molecule has 0 saturated heterocycles. The molecule has 0 aliphatic heterocycles. The maximum absolute atomic E-state index is 11.4. The minimum absolute atomic E-state index is 0.0440. The molecular formula is C22H24N4O2. The van der Waals surface area contributed by atoms with Gasteiger partial charge in [0.15, 0.2) is 11.6 Å². The van der Waals surface area contributed by atoms with Crippen molar-refractivity contribution in [1.82, 2.24) is 9.97 Å². The van der Waals surface area contributed by atoms with E-state index in [0.717, 1.165) is 30.0 Å². The number of aromatic nitrogens is 2. The van der Waals surface area contributed by atoms with E-state index in [1.165, 1.54) is 0 Å². The SMILES string of the molecule is COCCCNc1cc(Nc2ccc(C(C)=O)cc2)nc(-c2ccccc2)n1. The summed E-state index contributed by atoms with van der Waals surface area (Å²) in [6.07, 6.45) is 0.885. The van der Waals surface area contributed by atoms with Gasteiger partial charge in [0.25, 0.3) is 0 Å². The fraction of sp³-hybridized carbons (Fsp3) is 0.227. The number of anilines is 3. The molecule has 1 heterocycles. The smallest absolute Gasteiger partial charge is 0.163 e. The summed E-state index contributed by atoms with van der Waals surface area (Å²) in [5, 5.41) is 6.62. The molecule has 0 atom stereocenters. The molecular weight excluding hydrogens is 352 g/mol. The van der Waals surface area contributed by atoms with Gasteiger partial charge >= 0.3 is 0 Å². The summed E-state index contributed by atoms with van der Waals surface area (Å²) < 4.78 is 5.09. The molecule has 28 heavy (non-hydrogen) atoms. The Morgan fingerprint density at radius 3 is 2.39 bits per heavy atom. The third kappa shape index (κ3) is 5.37. The van der Waals surface area contributed by atoms with Crippen LogP contribution >= 0.6 is 0 Å². The number of methoxy groups -OCH3 is 1. The Hall–Kier alpha value is -3.25. The molecule has 0 saturated carbocycles. The molecule has 144 valence electrons. The standard InChI is InChI=1S/C22H24N4O2/c1-16(27)17-9-11-19(12-10-17)24-21-15-20(23-13-6-14-28-2)25-22(26-21)18-7-4-3-5-8-18/h3-5,7-12,15H,6,13-14H2,1-2H3,(H2,23,24,25,26). The number of nitrogens with one attached hydrogen (secondary N) is 2. The average molecular weight is 376 g/mol. The number of carbonyl (C=O) groups is 1. The normalized spacial score (nSPS) is 10.5. The van der Waals surface area contributed by atoms with Gasteiger partial charge in [-0.1, -0.05) is 30.3 Å². The van der Waals surface area contributed by atoms with Crippen LogP contribution in [-0.2, 0) is 4.74 Å². The molecule has 2 aromatic carbocycles. The van der Waals surface area contributed by atoms with Crippen LogP contribution in [0.1, 0.15) is 23.7 Å². The highest BCUT2D eigenvalue weighted by molar-refractivity contribution is 5.94. The van der Waals surface area contributed by atoms with Crippen LogP contribution in [0.2, 0.25) is 0 Å². The van der Waals surface area contributed by atoms with Crippen molar-refractivity contribution in [2.45, 2.75) is 13.3 Å². The molecule has 2 N–H and O–H groups in total. The fourth-order valence-electron chi connectivity index (χ4n) is 2.69. The van der Waals surface area contributed by atoms with Crippen molar-refractivity contribution in [3.8, 4) is 11.4 Å². The highest BCUT2D eigenvalue weighted by atomic mass is 16.5. The van der Waals surface area contributed by atoms with Crippen molar-refractivity contribution < 1.29 is 9.53 Å². The number of hydrogen-bond donors (Lipinski definition) is 2. The lowest BCUT2D eigenvalue weighted by atomic mass is 10.1. The summed E-state index contributed by atoms with van der Waals surface area (Å²) in [7, 11) is 1.69. The van der Waals surface area contributed by atoms with E-state index in [4.69, 9.17) is 4.74 Å². The largest absolute Gasteiger partial charge is 0.385 e. The molecule has 3 aromatic rings. The fourth-order valence-corrected chi connectivity index (χ4v) is 2.69. The van der Waals surface area contributed by atoms with Crippen molar-refractivity contribution in [1.29, 1.82) is 0 Å². The van der Waals surface area contributed by atoms with Gasteiger partial charge in [0.05, 0.1) is 0 Å². The van der Waals surface area contributed by atoms with Crippen LogP contribution < -0.4 is 10.6 Å². The van der Waals surface area contributed by atoms with Gasteiger partial charge in [-0.15, -0.1) is 0 Å². The Bertz CT molecular complexity index is 912. The molecule has 0 unspecified atom stereocenters. The molecule has 3 rings (SSSR count). The van der Waals surface area contributed by atoms with Gasteiger partial charge in [-0.25, -0.2) is 9.97 Å². The highest BCUT2D eigenvalue weighted by Gasteiger charge is 2.08. The third-order valence-electron chi connectivity index (χ3n) is 4.15. The summed E-state index contributed by atoms with van der Waals surface area (Å²) >= 11 is 0. The molecule has 0 spiro atoms. The second-order valence-corrected chi connectivity index (χ2v) is 6.36. The van der Waals surface area contributed by atoms with E-state index < -0.39 is 0 Å². The summed E-state index contributed by atoms with van der Waals surface area (Å²) in [5.41, 5.74) is 2.48. The maximum atomic E-state index is 11.4. The number of benzene rings is 2. The molecule has 0 amide bonds. The van der Waals surface area contributed by atoms with Crippen molar-refractivity contribution in [3.63, 3.8) is 0 Å². The van der Waals surface area contributed by atoms with E-state index >= 15 is 0 Å². The Kier molecular flexibility index (Phi) is 6.70. The van der Waals surface area contributed by atoms with Crippen LogP contribution in [0, 0.1) is 0 Å². The topological polar surface area (TPSA) is 76.1 Å². The molecule has 0 aliphatic carbocycles. The Balaban J connectivity index is 1.84. The number of Topliss-reactive ketones (excluding diaryl/α,β-unsaturated/α-hetero) is 1. The predicted molar refractivity (Wildman–Crippen MR) is 112 cm³/mol. The zero-order chi connectivity index (χ0) is 19.8. The van der Waals surface area contributed by atoms with Crippen LogP contribution in [0.5, 0.6) is 0 Å². The molecule has 6 nitrogen and oxygen atoms in total. The second kappa shape index (κ2) is 9.62. The molecule has 6 heteroatoms. The number of carbonyl (C=O) groups excluding carboxylic acids is 1. The quantitative estimate of drug-likeness (QED) is 0.422. The monoisotopic (exact) mass is 376 g/mol. The average Bonchev–Trinajstić information content (AvgIpc) is 2.72. The first kappa shape index (κ1) is 19.5. The van der Waals surface area contributed by atoms with E-state index in [9.17, 15) is 4.79 Å². The van der Waals surface area contributed by atoms with Crippen LogP contribution in [0.4, 0.5) is 17.3 Å². The third-order valence-corrected chi connectivity index (χ3v) is 4.15. The Morgan fingerprint density at radius 1 is 1.00 bits per heavy atom. The van der Waals surface area contributed by atoms with Crippen LogP contribution in [0.3, 0.4) is 0 Å². The van der Waals surface area contributed by atoms with E-state index in [2.05, 4.69) is 20.6 Å². The number of nitrogens with zero attached hydrogens (tertiary/aromatic N) is 2. The molecule has 0 radical (unpaired) electrons. The first-order chi connectivity index (χ1) is 13.7. The predicted octanol–water partition coefficient (Wildman–Crippen LogP) is 4.54. The van der Waals surface area contributed by atoms with Gasteiger partial charge in [-0.05, 0) is 37.6 Å². The summed E-state index contributed by atoms with van der Waals surface area (Å²) in [6.45, 7) is 3.00. The van der Waals surface area contributed by atoms with Gasteiger partial charge in [0, 0.05) is 43.1 Å². The lowest BCUT2D eigenvalue weighted by Gasteiger charge is -2.12. The van der Waals surface area contributed by atoms with Crippen LogP contribution in [0.15, 0.2) is 60.7 Å². The van der Waals surface area contributed by atoms with Gasteiger partial charge in [0.2, 0.25) is 0 Å². The van der Waals surface area contributed by atoms with E-state index in [1.54, 1.807) is 26.2 Å². The summed E-state index contributed by atoms with van der Waals surface area (Å²) in [6, 6.07) is 19.1. The summed E-state index contributed by atoms with van der Waals surface area (Å²) in [4.78, 5) is 20.7. The highest BCUT2D eigenvalue weighted by Crippen LogP contribution is 2.23. The van der Waals surface area contributed by atoms with E-state index in [0.29, 0.717) is 23.8 Å². The van der Waals surface area contributed by atoms with Crippen LogP contribution in [-0.4, -0.2) is 36.0 Å². The molecule has 0 bridgehead atoms. The van der Waals surface area contributed by atoms with Gasteiger partial charge < -0.3 is 15.4 Å². The van der Waals surface area contributed by atoms with Gasteiger partial charge in [0.1, 0.15) is 11.6 Å². The van der Waals surface area contributed by atoms with Gasteiger partial charge in [-0.2, -0.15) is 0 Å². The lowest BCUT2D eigenvalue weighted by Crippen LogP contribution is -2.08. The zero-order valence-corrected chi connectivity index (χ0v) is 16.1. The number of ketones is 1. The molecule has 0 aliphatic rings. The molecule has 1 aromatic heterocycles. The summed E-state index contributed by atoms with van der Waals surface area (Å²) in [5.74, 6) is 2.11. The Labute approximate surface area is 165 Å². The van der Waals surface area contributed by atoms with E-state index in [-0.39, 0.29) is 5.78 Å². The van der Waals surface area contributed by atoms with Crippen molar-refractivity contribution >= 4 is 23.1 Å². The first-order valence-electron chi connectivity index (χ1n) is 9.21. The number of rotatable bonds is 9.